The van der Waals surface area contributed by atoms with Gasteiger partial charge in [-0.05, 0) is 86.9 Å². The molecule has 298 valence electrons. The summed E-state index contributed by atoms with van der Waals surface area (Å²) in [7, 11) is 2.07. The zero-order valence-electron chi connectivity index (χ0n) is 32.2. The van der Waals surface area contributed by atoms with E-state index in [1.54, 1.807) is 12.1 Å². The van der Waals surface area contributed by atoms with Crippen LogP contribution in [0.25, 0.3) is 32.9 Å². The van der Waals surface area contributed by atoms with Crippen LogP contribution in [0.1, 0.15) is 72.1 Å². The Labute approximate surface area is 334 Å². The number of amides is 5. The Kier molecular flexibility index (Phi) is 10.1. The Balaban J connectivity index is 0.662. The predicted molar refractivity (Wildman–Crippen MR) is 212 cm³/mol. The fourth-order valence-corrected chi connectivity index (χ4v) is 8.57. The standard InChI is InChI=1S/C44H44N6O8/c1-48-36-12-15-45-25-35(36)32-7-4-26(22-38(32)48)27-5-11-40(46-24-27)58-31-20-28(21-31)42(53)49-16-13-29(14-17-49)56-18-2-3-19-57-30-6-8-33-34(23-30)44(55)50(43(33)54)37-9-10-39(51)47-41(37)52/h4-8,11-12,15,22-25,28-29,31,37H,2-3,9-10,13-14,16-21H2,1H3,(H,47,51,52)/t28-,31+,37?. The van der Waals surface area contributed by atoms with Crippen LogP contribution in [-0.4, -0.2) is 98.4 Å². The van der Waals surface area contributed by atoms with E-state index in [0.29, 0.717) is 50.8 Å². The van der Waals surface area contributed by atoms with E-state index in [4.69, 9.17) is 14.2 Å². The number of unbranched alkanes of at least 4 members (excludes halogenated alkanes) is 1. The molecule has 0 radical (unpaired) electrons. The van der Waals surface area contributed by atoms with E-state index in [1.807, 2.05) is 41.7 Å². The largest absolute Gasteiger partial charge is 0.494 e. The van der Waals surface area contributed by atoms with Gasteiger partial charge < -0.3 is 23.7 Å². The van der Waals surface area contributed by atoms with Gasteiger partial charge in [0.2, 0.25) is 23.6 Å². The molecule has 5 amide bonds. The SMILES string of the molecule is Cn1c2ccncc2c2ccc(-c3ccc(O[C@H]4C[C@@H](C(=O)N5CCC(OCCCCOc6ccc7c(c6)C(=O)N(C6CCC(=O)NC6=O)C7=O)CC5)C4)nc3)cc21. The molecule has 58 heavy (non-hydrogen) atoms. The highest BCUT2D eigenvalue weighted by Gasteiger charge is 2.45. The lowest BCUT2D eigenvalue weighted by Gasteiger charge is -2.39. The van der Waals surface area contributed by atoms with Crippen molar-refractivity contribution >= 4 is 51.3 Å². The normalized spacial score (nSPS) is 21.0. The first-order valence-corrected chi connectivity index (χ1v) is 20.1. The Bertz CT molecular complexity index is 2430. The maximum absolute atomic E-state index is 13.2. The molecule has 1 atom stereocenters. The van der Waals surface area contributed by atoms with E-state index in [0.717, 1.165) is 58.1 Å². The molecule has 3 fully saturated rings. The molecule has 0 bridgehead atoms. The first-order chi connectivity index (χ1) is 28.2. The number of aromatic nitrogens is 3. The number of benzene rings is 2. The quantitative estimate of drug-likeness (QED) is 0.131. The van der Waals surface area contributed by atoms with E-state index in [1.165, 1.54) is 11.5 Å². The molecule has 4 aliphatic rings. The summed E-state index contributed by atoms with van der Waals surface area (Å²) in [5.74, 6) is -0.965. The van der Waals surface area contributed by atoms with Crippen molar-refractivity contribution in [2.75, 3.05) is 26.3 Å². The zero-order chi connectivity index (χ0) is 39.9. The minimum atomic E-state index is -1.00. The molecule has 2 saturated heterocycles. The van der Waals surface area contributed by atoms with Crippen molar-refractivity contribution in [2.45, 2.75) is 69.6 Å². The molecule has 1 N–H and O–H groups in total. The first kappa shape index (κ1) is 37.4. The second-order valence-electron chi connectivity index (χ2n) is 15.6. The van der Waals surface area contributed by atoms with Crippen molar-refractivity contribution in [1.82, 2.24) is 29.7 Å². The summed E-state index contributed by atoms with van der Waals surface area (Å²) in [6.07, 6.45) is 10.3. The monoisotopic (exact) mass is 784 g/mol. The summed E-state index contributed by atoms with van der Waals surface area (Å²) >= 11 is 0. The molecule has 2 aromatic carbocycles. The van der Waals surface area contributed by atoms with Crippen molar-refractivity contribution in [2.24, 2.45) is 13.0 Å². The maximum atomic E-state index is 13.2. The number of hydrogen-bond acceptors (Lipinski definition) is 10. The van der Waals surface area contributed by atoms with Gasteiger partial charge in [0, 0.05) is 85.6 Å². The minimum Gasteiger partial charge on any atom is -0.494 e. The number of aryl methyl sites for hydroxylation is 1. The third-order valence-electron chi connectivity index (χ3n) is 11.9. The summed E-state index contributed by atoms with van der Waals surface area (Å²) in [4.78, 5) is 74.8. The third kappa shape index (κ3) is 7.17. The van der Waals surface area contributed by atoms with Gasteiger partial charge in [-0.25, -0.2) is 4.98 Å². The second-order valence-corrected chi connectivity index (χ2v) is 15.6. The number of likely N-dealkylation sites (tertiary alicyclic amines) is 1. The van der Waals surface area contributed by atoms with E-state index in [-0.39, 0.29) is 48.0 Å². The molecule has 1 unspecified atom stereocenters. The number of imide groups is 2. The number of rotatable bonds is 12. The van der Waals surface area contributed by atoms with Crippen LogP contribution < -0.4 is 14.8 Å². The Morgan fingerprint density at radius 1 is 0.810 bits per heavy atom. The van der Waals surface area contributed by atoms with Crippen molar-refractivity contribution in [3.63, 3.8) is 0 Å². The molecule has 9 rings (SSSR count). The number of nitrogens with one attached hydrogen (secondary N) is 1. The van der Waals surface area contributed by atoms with Crippen LogP contribution in [0.15, 0.2) is 73.2 Å². The Morgan fingerprint density at radius 2 is 1.60 bits per heavy atom. The molecule has 6 heterocycles. The lowest BCUT2D eigenvalue weighted by Crippen LogP contribution is -2.54. The van der Waals surface area contributed by atoms with Gasteiger partial charge in [-0.2, -0.15) is 0 Å². The number of piperidine rings is 2. The van der Waals surface area contributed by atoms with E-state index in [9.17, 15) is 24.0 Å². The molecule has 3 aromatic heterocycles. The summed E-state index contributed by atoms with van der Waals surface area (Å²) < 4.78 is 20.3. The molecular weight excluding hydrogens is 741 g/mol. The highest BCUT2D eigenvalue weighted by molar-refractivity contribution is 6.23. The molecule has 0 spiro atoms. The van der Waals surface area contributed by atoms with Crippen LogP contribution in [0.2, 0.25) is 0 Å². The van der Waals surface area contributed by atoms with Gasteiger partial charge in [-0.3, -0.25) is 39.2 Å². The number of hydrogen-bond donors (Lipinski definition) is 1. The molecule has 1 aliphatic carbocycles. The van der Waals surface area contributed by atoms with E-state index < -0.39 is 29.7 Å². The molecule has 1 saturated carbocycles. The summed E-state index contributed by atoms with van der Waals surface area (Å²) in [5.41, 5.74) is 4.78. The number of nitrogens with zero attached hydrogens (tertiary/aromatic N) is 5. The van der Waals surface area contributed by atoms with Crippen LogP contribution in [0.4, 0.5) is 0 Å². The third-order valence-corrected chi connectivity index (χ3v) is 11.9. The zero-order valence-corrected chi connectivity index (χ0v) is 32.2. The molecule has 5 aromatic rings. The van der Waals surface area contributed by atoms with Gasteiger partial charge in [-0.15, -0.1) is 0 Å². The van der Waals surface area contributed by atoms with Gasteiger partial charge >= 0.3 is 0 Å². The van der Waals surface area contributed by atoms with Gasteiger partial charge in [0.25, 0.3) is 11.8 Å². The van der Waals surface area contributed by atoms with Gasteiger partial charge in [0.1, 0.15) is 17.9 Å². The first-order valence-electron chi connectivity index (χ1n) is 20.1. The van der Waals surface area contributed by atoms with E-state index >= 15 is 0 Å². The van der Waals surface area contributed by atoms with Crippen molar-refractivity contribution in [1.29, 1.82) is 0 Å². The molecular formula is C44H44N6O8. The summed E-state index contributed by atoms with van der Waals surface area (Å²) in [6, 6.07) is 16.1. The minimum absolute atomic E-state index is 0.0253. The Morgan fingerprint density at radius 3 is 2.40 bits per heavy atom. The van der Waals surface area contributed by atoms with Crippen molar-refractivity contribution in [3.8, 4) is 22.8 Å². The summed E-state index contributed by atoms with van der Waals surface area (Å²) in [5, 5.41) is 4.51. The van der Waals surface area contributed by atoms with Crippen LogP contribution in [0.3, 0.4) is 0 Å². The highest BCUT2D eigenvalue weighted by atomic mass is 16.5. The topological polar surface area (TPSA) is 162 Å². The molecule has 14 nitrogen and oxygen atoms in total. The fourth-order valence-electron chi connectivity index (χ4n) is 8.57. The van der Waals surface area contributed by atoms with Crippen LogP contribution in [-0.2, 0) is 26.2 Å². The number of pyridine rings is 2. The number of fused-ring (bicyclic) bond motifs is 4. The number of ether oxygens (including phenoxy) is 3. The van der Waals surface area contributed by atoms with Gasteiger partial charge in [0.15, 0.2) is 0 Å². The van der Waals surface area contributed by atoms with Crippen molar-refractivity contribution in [3.05, 3.63) is 84.3 Å². The molecule has 3 aliphatic heterocycles. The van der Waals surface area contributed by atoms with Crippen LogP contribution in [0, 0.1) is 5.92 Å². The maximum Gasteiger partial charge on any atom is 0.262 e. The number of carbonyl (C=O) groups is 5. The fraction of sp³-hybridized carbons (Fsp3) is 0.386. The van der Waals surface area contributed by atoms with Gasteiger partial charge in [-0.1, -0.05) is 12.1 Å². The average Bonchev–Trinajstić information content (AvgIpc) is 3.65. The lowest BCUT2D eigenvalue weighted by atomic mass is 9.81. The van der Waals surface area contributed by atoms with Gasteiger partial charge in [0.05, 0.1) is 29.4 Å². The Hall–Kier alpha value is -6.15. The molecule has 14 heteroatoms. The average molecular weight is 785 g/mol. The number of carbonyl (C=O) groups excluding carboxylic acids is 5. The van der Waals surface area contributed by atoms with Crippen LogP contribution in [0.5, 0.6) is 11.6 Å². The smallest absolute Gasteiger partial charge is 0.262 e. The lowest BCUT2D eigenvalue weighted by molar-refractivity contribution is -0.144. The van der Waals surface area contributed by atoms with Crippen LogP contribution >= 0.6 is 0 Å². The highest BCUT2D eigenvalue weighted by Crippen LogP contribution is 2.35. The van der Waals surface area contributed by atoms with E-state index in [2.05, 4.69) is 45.1 Å². The predicted octanol–water partition coefficient (Wildman–Crippen LogP) is 5.21. The summed E-state index contributed by atoms with van der Waals surface area (Å²) in [6.45, 7) is 2.34. The second kappa shape index (κ2) is 15.7. The van der Waals surface area contributed by atoms with Crippen molar-refractivity contribution < 1.29 is 38.2 Å².